The van der Waals surface area contributed by atoms with Crippen LogP contribution in [0.3, 0.4) is 0 Å². The standard InChI is InChI=1S/C23H17N.3C2H6/c1-2-9-20-18(7-1)19-8-3-4-10-21(19)23-15-17(11-12-22(20)23)16-24-13-5-6-14-24;3*1-2/h1-15H,16H2;3*1-2H3. The molecular weight excluding hydrogens is 362 g/mol. The molecule has 4 aromatic carbocycles. The van der Waals surface area contributed by atoms with Crippen molar-refractivity contribution in [2.45, 2.75) is 48.1 Å². The topological polar surface area (TPSA) is 4.93 Å². The van der Waals surface area contributed by atoms with E-state index in [1.54, 1.807) is 0 Å². The van der Waals surface area contributed by atoms with Crippen molar-refractivity contribution >= 4 is 32.3 Å². The van der Waals surface area contributed by atoms with Crippen molar-refractivity contribution in [1.82, 2.24) is 4.57 Å². The Bertz CT molecular complexity index is 1130. The lowest BCUT2D eigenvalue weighted by Crippen LogP contribution is -1.96. The average Bonchev–Trinajstić information content (AvgIpc) is 3.36. The molecule has 1 heterocycles. The first-order chi connectivity index (χ1) is 14.9. The maximum Gasteiger partial charge on any atom is 0.0470 e. The summed E-state index contributed by atoms with van der Waals surface area (Å²) in [6, 6.07) is 28.5. The van der Waals surface area contributed by atoms with Crippen LogP contribution in [0.2, 0.25) is 0 Å². The number of aromatic nitrogens is 1. The molecule has 0 saturated heterocycles. The Labute approximate surface area is 182 Å². The molecule has 0 fully saturated rings. The molecule has 1 aromatic heterocycles. The van der Waals surface area contributed by atoms with Gasteiger partial charge in [0.25, 0.3) is 0 Å². The molecule has 5 aromatic rings. The van der Waals surface area contributed by atoms with Crippen molar-refractivity contribution in [3.8, 4) is 0 Å². The zero-order valence-corrected chi connectivity index (χ0v) is 19.3. The highest BCUT2D eigenvalue weighted by Gasteiger charge is 2.08. The van der Waals surface area contributed by atoms with Gasteiger partial charge in [-0.25, -0.2) is 0 Å². The minimum atomic E-state index is 0.907. The van der Waals surface area contributed by atoms with Gasteiger partial charge in [0.1, 0.15) is 0 Å². The fraction of sp³-hybridized carbons (Fsp3) is 0.241. The lowest BCUT2D eigenvalue weighted by atomic mass is 9.93. The van der Waals surface area contributed by atoms with Gasteiger partial charge in [0, 0.05) is 18.9 Å². The maximum atomic E-state index is 2.35. The van der Waals surface area contributed by atoms with Crippen molar-refractivity contribution in [3.05, 3.63) is 96.8 Å². The Balaban J connectivity index is 0.000000493. The Morgan fingerprint density at radius 2 is 0.867 bits per heavy atom. The third-order valence-electron chi connectivity index (χ3n) is 4.84. The number of hydrogen-bond donors (Lipinski definition) is 0. The van der Waals surface area contributed by atoms with Crippen LogP contribution in [-0.4, -0.2) is 4.57 Å². The second-order valence-corrected chi connectivity index (χ2v) is 6.33. The molecule has 5 rings (SSSR count). The molecule has 0 bridgehead atoms. The lowest BCUT2D eigenvalue weighted by molar-refractivity contribution is 0.807. The number of rotatable bonds is 2. The molecule has 0 aliphatic heterocycles. The van der Waals surface area contributed by atoms with Gasteiger partial charge in [-0.05, 0) is 56.1 Å². The minimum absolute atomic E-state index is 0.907. The van der Waals surface area contributed by atoms with Gasteiger partial charge in [0.05, 0.1) is 0 Å². The molecule has 0 N–H and O–H groups in total. The molecular formula is C29H35N. The number of hydrogen-bond acceptors (Lipinski definition) is 0. The summed E-state index contributed by atoms with van der Waals surface area (Å²) in [6.07, 6.45) is 4.23. The van der Waals surface area contributed by atoms with Gasteiger partial charge in [0.2, 0.25) is 0 Å². The summed E-state index contributed by atoms with van der Waals surface area (Å²) < 4.78 is 2.21. The largest absolute Gasteiger partial charge is 0.350 e. The summed E-state index contributed by atoms with van der Waals surface area (Å²) in [5.74, 6) is 0. The smallest absolute Gasteiger partial charge is 0.0470 e. The predicted molar refractivity (Wildman–Crippen MR) is 137 cm³/mol. The van der Waals surface area contributed by atoms with Crippen LogP contribution in [0.4, 0.5) is 0 Å². The number of benzene rings is 4. The van der Waals surface area contributed by atoms with E-state index in [2.05, 4.69) is 95.8 Å². The van der Waals surface area contributed by atoms with E-state index in [9.17, 15) is 0 Å². The molecule has 1 nitrogen and oxygen atoms in total. The summed E-state index contributed by atoms with van der Waals surface area (Å²) in [4.78, 5) is 0. The lowest BCUT2D eigenvalue weighted by Gasteiger charge is -2.12. The monoisotopic (exact) mass is 397 g/mol. The van der Waals surface area contributed by atoms with Crippen LogP contribution in [0.25, 0.3) is 32.3 Å². The second kappa shape index (κ2) is 11.8. The van der Waals surface area contributed by atoms with Crippen LogP contribution in [0, 0.1) is 0 Å². The van der Waals surface area contributed by atoms with E-state index in [4.69, 9.17) is 0 Å². The van der Waals surface area contributed by atoms with E-state index < -0.39 is 0 Å². The highest BCUT2D eigenvalue weighted by molar-refractivity contribution is 6.25. The van der Waals surface area contributed by atoms with E-state index in [-0.39, 0.29) is 0 Å². The van der Waals surface area contributed by atoms with Gasteiger partial charge in [0.15, 0.2) is 0 Å². The van der Waals surface area contributed by atoms with Gasteiger partial charge in [-0.3, -0.25) is 0 Å². The van der Waals surface area contributed by atoms with Gasteiger partial charge >= 0.3 is 0 Å². The molecule has 30 heavy (non-hydrogen) atoms. The molecule has 0 atom stereocenters. The summed E-state index contributed by atoms with van der Waals surface area (Å²) in [6.45, 7) is 12.9. The normalized spacial score (nSPS) is 9.80. The van der Waals surface area contributed by atoms with Crippen molar-refractivity contribution in [2.75, 3.05) is 0 Å². The molecule has 156 valence electrons. The van der Waals surface area contributed by atoms with Crippen LogP contribution >= 0.6 is 0 Å². The third-order valence-corrected chi connectivity index (χ3v) is 4.84. The van der Waals surface area contributed by atoms with Gasteiger partial charge < -0.3 is 4.57 Å². The van der Waals surface area contributed by atoms with Crippen molar-refractivity contribution in [3.63, 3.8) is 0 Å². The Hall–Kier alpha value is -3.06. The van der Waals surface area contributed by atoms with E-state index in [0.717, 1.165) is 6.54 Å². The first-order valence-electron chi connectivity index (χ1n) is 11.3. The van der Waals surface area contributed by atoms with Gasteiger partial charge in [-0.15, -0.1) is 0 Å². The average molecular weight is 398 g/mol. The van der Waals surface area contributed by atoms with Crippen molar-refractivity contribution in [1.29, 1.82) is 0 Å². The zero-order valence-electron chi connectivity index (χ0n) is 19.3. The first kappa shape index (κ1) is 23.2. The summed E-state index contributed by atoms with van der Waals surface area (Å²) >= 11 is 0. The first-order valence-corrected chi connectivity index (χ1v) is 11.3. The molecule has 0 spiro atoms. The van der Waals surface area contributed by atoms with Crippen LogP contribution < -0.4 is 0 Å². The van der Waals surface area contributed by atoms with Gasteiger partial charge in [-0.2, -0.15) is 0 Å². The fourth-order valence-corrected chi connectivity index (χ4v) is 3.74. The number of fused-ring (bicyclic) bond motifs is 6. The maximum absolute atomic E-state index is 2.35. The van der Waals surface area contributed by atoms with E-state index in [1.165, 1.54) is 37.9 Å². The Morgan fingerprint density at radius 3 is 1.33 bits per heavy atom. The summed E-state index contributed by atoms with van der Waals surface area (Å²) in [7, 11) is 0. The van der Waals surface area contributed by atoms with Crippen LogP contribution in [-0.2, 0) is 6.54 Å². The quantitative estimate of drug-likeness (QED) is 0.262. The van der Waals surface area contributed by atoms with Crippen LogP contribution in [0.5, 0.6) is 0 Å². The van der Waals surface area contributed by atoms with E-state index >= 15 is 0 Å². The molecule has 0 radical (unpaired) electrons. The molecule has 0 saturated carbocycles. The van der Waals surface area contributed by atoms with Crippen LogP contribution in [0.1, 0.15) is 47.1 Å². The van der Waals surface area contributed by atoms with E-state index in [0.29, 0.717) is 0 Å². The Morgan fingerprint density at radius 1 is 0.467 bits per heavy atom. The minimum Gasteiger partial charge on any atom is -0.350 e. The fourth-order valence-electron chi connectivity index (χ4n) is 3.74. The summed E-state index contributed by atoms with van der Waals surface area (Å²) in [5.41, 5.74) is 1.33. The molecule has 0 unspecified atom stereocenters. The van der Waals surface area contributed by atoms with E-state index in [1.807, 2.05) is 41.5 Å². The van der Waals surface area contributed by atoms with Crippen molar-refractivity contribution < 1.29 is 0 Å². The van der Waals surface area contributed by atoms with Crippen molar-refractivity contribution in [2.24, 2.45) is 0 Å². The molecule has 1 heteroatoms. The second-order valence-electron chi connectivity index (χ2n) is 6.33. The molecule has 0 amide bonds. The number of nitrogens with zero attached hydrogens (tertiary/aromatic N) is 1. The zero-order chi connectivity index (χ0) is 21.9. The van der Waals surface area contributed by atoms with Gasteiger partial charge in [-0.1, -0.05) is 102 Å². The Kier molecular flexibility index (Phi) is 9.15. The summed E-state index contributed by atoms with van der Waals surface area (Å²) in [5, 5.41) is 8.01. The highest BCUT2D eigenvalue weighted by Crippen LogP contribution is 2.35. The molecule has 0 aliphatic carbocycles. The third kappa shape index (κ3) is 4.74. The predicted octanol–water partition coefficient (Wildman–Crippen LogP) is 9.07. The van der Waals surface area contributed by atoms with Crippen LogP contribution in [0.15, 0.2) is 91.3 Å². The highest BCUT2D eigenvalue weighted by atomic mass is 14.9. The molecule has 0 aliphatic rings. The SMILES string of the molecule is CC.CC.CC.c1ccc2c(c1)c1ccccc1c1cc(Cn3cccc3)ccc21.